The van der Waals surface area contributed by atoms with E-state index < -0.39 is 0 Å². The molecule has 140 valence electrons. The van der Waals surface area contributed by atoms with Crippen LogP contribution < -0.4 is 10.9 Å². The highest BCUT2D eigenvalue weighted by molar-refractivity contribution is 7.17. The van der Waals surface area contributed by atoms with Gasteiger partial charge in [-0.3, -0.25) is 14.0 Å². The molecule has 1 N–H and O–H groups in total. The van der Waals surface area contributed by atoms with Crippen LogP contribution in [0.25, 0.3) is 4.96 Å². The summed E-state index contributed by atoms with van der Waals surface area (Å²) in [5.74, 6) is -0.371. The first-order chi connectivity index (χ1) is 13.1. The van der Waals surface area contributed by atoms with Gasteiger partial charge in [0.25, 0.3) is 11.5 Å². The fraction of sp³-hybridized carbons (Fsp3) is 0.381. The van der Waals surface area contributed by atoms with Gasteiger partial charge in [-0.2, -0.15) is 0 Å². The van der Waals surface area contributed by atoms with Crippen molar-refractivity contribution >= 4 is 22.2 Å². The largest absolute Gasteiger partial charge is 0.345 e. The minimum atomic E-state index is -0.371. The Balaban J connectivity index is 1.68. The van der Waals surface area contributed by atoms with Crippen molar-refractivity contribution in [3.05, 3.63) is 68.6 Å². The van der Waals surface area contributed by atoms with Crippen molar-refractivity contribution in [1.82, 2.24) is 14.7 Å². The van der Waals surface area contributed by atoms with Crippen molar-refractivity contribution in [3.8, 4) is 0 Å². The predicted octanol–water partition coefficient (Wildman–Crippen LogP) is 3.91. The van der Waals surface area contributed by atoms with Crippen molar-refractivity contribution in [2.45, 2.75) is 51.5 Å². The van der Waals surface area contributed by atoms with Crippen LogP contribution in [0.1, 0.15) is 65.1 Å². The lowest BCUT2D eigenvalue weighted by Crippen LogP contribution is -2.33. The highest BCUT2D eigenvalue weighted by atomic mass is 32.1. The highest BCUT2D eigenvalue weighted by Gasteiger charge is 2.21. The van der Waals surface area contributed by atoms with Crippen molar-refractivity contribution in [2.24, 2.45) is 0 Å². The van der Waals surface area contributed by atoms with Crippen molar-refractivity contribution in [1.29, 1.82) is 0 Å². The van der Waals surface area contributed by atoms with Gasteiger partial charge in [-0.15, -0.1) is 11.3 Å². The zero-order valence-electron chi connectivity index (χ0n) is 15.4. The summed E-state index contributed by atoms with van der Waals surface area (Å²) < 4.78 is 1.67. The number of rotatable bonds is 3. The third-order valence-corrected chi connectivity index (χ3v) is 6.35. The van der Waals surface area contributed by atoms with Gasteiger partial charge in [-0.1, -0.05) is 43.2 Å². The van der Waals surface area contributed by atoms with Crippen LogP contribution in [0.5, 0.6) is 0 Å². The lowest BCUT2D eigenvalue weighted by molar-refractivity contribution is 0.0938. The first kappa shape index (κ1) is 17.9. The zero-order valence-corrected chi connectivity index (χ0v) is 16.2. The average Bonchev–Trinajstić information content (AvgIpc) is 3.00. The Hall–Kier alpha value is -2.47. The molecule has 1 aliphatic rings. The number of amides is 1. The Bertz CT molecular complexity index is 1020. The molecule has 1 amide bonds. The summed E-state index contributed by atoms with van der Waals surface area (Å²) in [5.41, 5.74) is 1.91. The Labute approximate surface area is 162 Å². The van der Waals surface area contributed by atoms with Gasteiger partial charge < -0.3 is 5.32 Å². The van der Waals surface area contributed by atoms with E-state index in [4.69, 9.17) is 0 Å². The molecule has 2 aromatic heterocycles. The molecule has 6 heteroatoms. The maximum Gasteiger partial charge on any atom is 0.271 e. The van der Waals surface area contributed by atoms with Crippen LogP contribution in [0.4, 0.5) is 0 Å². The van der Waals surface area contributed by atoms with E-state index >= 15 is 0 Å². The minimum absolute atomic E-state index is 0.109. The van der Waals surface area contributed by atoms with Gasteiger partial charge in [-0.05, 0) is 38.2 Å². The van der Waals surface area contributed by atoms with Gasteiger partial charge in [0.15, 0.2) is 4.96 Å². The molecule has 0 spiro atoms. The molecule has 1 unspecified atom stereocenters. The molecule has 2 heterocycles. The van der Waals surface area contributed by atoms with Gasteiger partial charge in [-0.25, -0.2) is 4.98 Å². The van der Waals surface area contributed by atoms with E-state index in [1.54, 1.807) is 15.7 Å². The van der Waals surface area contributed by atoms with Gasteiger partial charge in [0, 0.05) is 16.8 Å². The maximum absolute atomic E-state index is 13.1. The van der Waals surface area contributed by atoms with E-state index in [0.29, 0.717) is 4.96 Å². The molecule has 27 heavy (non-hydrogen) atoms. The Morgan fingerprint density at radius 2 is 1.89 bits per heavy atom. The molecule has 3 aromatic rings. The van der Waals surface area contributed by atoms with Crippen LogP contribution in [0.3, 0.4) is 0 Å². The number of hydrogen-bond donors (Lipinski definition) is 1. The molecule has 0 bridgehead atoms. The quantitative estimate of drug-likeness (QED) is 0.748. The van der Waals surface area contributed by atoms with Crippen molar-refractivity contribution in [2.75, 3.05) is 0 Å². The van der Waals surface area contributed by atoms with E-state index in [1.165, 1.54) is 23.9 Å². The number of nitrogens with zero attached hydrogens (tertiary/aromatic N) is 2. The van der Waals surface area contributed by atoms with Gasteiger partial charge in [0.2, 0.25) is 0 Å². The summed E-state index contributed by atoms with van der Waals surface area (Å²) in [6.45, 7) is 1.91. The Morgan fingerprint density at radius 3 is 2.67 bits per heavy atom. The smallest absolute Gasteiger partial charge is 0.271 e. The molecule has 1 aliphatic carbocycles. The summed E-state index contributed by atoms with van der Waals surface area (Å²) in [5, 5.41) is 2.92. The first-order valence-electron chi connectivity index (χ1n) is 9.53. The van der Waals surface area contributed by atoms with E-state index in [1.807, 2.05) is 37.3 Å². The molecule has 1 aromatic carbocycles. The first-order valence-corrected chi connectivity index (χ1v) is 10.3. The molecule has 0 saturated heterocycles. The molecule has 1 atom stereocenters. The third kappa shape index (κ3) is 3.54. The number of nitrogens with one attached hydrogen (secondary N) is 1. The van der Waals surface area contributed by atoms with Gasteiger partial charge in [0.05, 0.1) is 6.04 Å². The monoisotopic (exact) mass is 381 g/mol. The van der Waals surface area contributed by atoms with Crippen LogP contribution in [0.2, 0.25) is 0 Å². The number of fused-ring (bicyclic) bond motifs is 3. The fourth-order valence-electron chi connectivity index (χ4n) is 3.68. The summed E-state index contributed by atoms with van der Waals surface area (Å²) in [4.78, 5) is 32.2. The van der Waals surface area contributed by atoms with E-state index in [-0.39, 0.29) is 23.1 Å². The molecule has 5 nitrogen and oxygen atoms in total. The second-order valence-electron chi connectivity index (χ2n) is 7.09. The summed E-state index contributed by atoms with van der Waals surface area (Å²) >= 11 is 1.59. The number of thiazole rings is 1. The van der Waals surface area contributed by atoms with Crippen LogP contribution in [-0.2, 0) is 12.8 Å². The molecule has 0 aliphatic heterocycles. The normalized spacial score (nSPS) is 15.6. The summed E-state index contributed by atoms with van der Waals surface area (Å²) in [6, 6.07) is 9.55. The number of hydrogen-bond acceptors (Lipinski definition) is 4. The van der Waals surface area contributed by atoms with Crippen molar-refractivity contribution in [3.63, 3.8) is 0 Å². The fourth-order valence-corrected chi connectivity index (χ4v) is 4.84. The average molecular weight is 382 g/mol. The molecule has 0 fully saturated rings. The standard InChI is InChI=1S/C21H23N3O2S/c1-14(15-9-5-4-6-10-15)23-19(25)16-13-22-21-24(20(16)26)17-11-7-2-3-8-12-18(17)27-21/h4-6,9-10,13-14H,2-3,7-8,11-12H2,1H3,(H,23,25). The Morgan fingerprint density at radius 1 is 1.15 bits per heavy atom. The van der Waals surface area contributed by atoms with Crippen LogP contribution in [-0.4, -0.2) is 15.3 Å². The lowest BCUT2D eigenvalue weighted by Gasteiger charge is -2.14. The zero-order chi connectivity index (χ0) is 18.8. The molecular formula is C21H23N3O2S. The van der Waals surface area contributed by atoms with E-state index in [0.717, 1.165) is 36.9 Å². The second-order valence-corrected chi connectivity index (χ2v) is 8.15. The SMILES string of the molecule is CC(NC(=O)c1cnc2sc3c(n2c1=O)CCCCCC3)c1ccccc1. The molecular weight excluding hydrogens is 358 g/mol. The number of carbonyl (C=O) groups is 1. The number of aromatic nitrogens is 2. The number of aryl methyl sites for hydroxylation is 2. The summed E-state index contributed by atoms with van der Waals surface area (Å²) in [7, 11) is 0. The van der Waals surface area contributed by atoms with Crippen molar-refractivity contribution < 1.29 is 4.79 Å². The third-order valence-electron chi connectivity index (χ3n) is 5.19. The molecule has 0 saturated carbocycles. The van der Waals surface area contributed by atoms with Gasteiger partial charge in [0.1, 0.15) is 5.56 Å². The highest BCUT2D eigenvalue weighted by Crippen LogP contribution is 2.27. The lowest BCUT2D eigenvalue weighted by atomic mass is 10.0. The molecule has 4 rings (SSSR count). The maximum atomic E-state index is 13.1. The summed E-state index contributed by atoms with van der Waals surface area (Å²) in [6.07, 6.45) is 7.95. The minimum Gasteiger partial charge on any atom is -0.345 e. The van der Waals surface area contributed by atoms with Crippen LogP contribution in [0.15, 0.2) is 41.3 Å². The van der Waals surface area contributed by atoms with E-state index in [9.17, 15) is 9.59 Å². The van der Waals surface area contributed by atoms with Crippen LogP contribution >= 0.6 is 11.3 Å². The number of carbonyl (C=O) groups excluding carboxylic acids is 1. The topological polar surface area (TPSA) is 63.5 Å². The van der Waals surface area contributed by atoms with Gasteiger partial charge >= 0.3 is 0 Å². The van der Waals surface area contributed by atoms with E-state index in [2.05, 4.69) is 10.3 Å². The predicted molar refractivity (Wildman–Crippen MR) is 108 cm³/mol. The number of benzene rings is 1. The second kappa shape index (κ2) is 7.64. The molecule has 0 radical (unpaired) electrons. The van der Waals surface area contributed by atoms with Crippen LogP contribution in [0, 0.1) is 0 Å². The Kier molecular flexibility index (Phi) is 5.07.